The average Bonchev–Trinajstić information content (AvgIpc) is 3.53. The van der Waals surface area contributed by atoms with Gasteiger partial charge in [-0.3, -0.25) is 9.89 Å². The van der Waals surface area contributed by atoms with Gasteiger partial charge in [-0.1, -0.05) is 0 Å². The fourth-order valence-electron chi connectivity index (χ4n) is 2.77. The van der Waals surface area contributed by atoms with Crippen LogP contribution in [0, 0.1) is 0 Å². The summed E-state index contributed by atoms with van der Waals surface area (Å²) >= 11 is 0. The second-order valence-electron chi connectivity index (χ2n) is 6.47. The molecule has 7 heteroatoms. The lowest BCUT2D eigenvalue weighted by Crippen LogP contribution is -2.40. The van der Waals surface area contributed by atoms with Crippen molar-refractivity contribution in [3.63, 3.8) is 0 Å². The molecule has 2 N–H and O–H groups in total. The van der Waals surface area contributed by atoms with Crippen LogP contribution in [0.5, 0.6) is 11.5 Å². The molecular weight excluding hydrogens is 344 g/mol. The van der Waals surface area contributed by atoms with Gasteiger partial charge in [0.15, 0.2) is 5.96 Å². The number of nitrogens with one attached hydrogen (secondary N) is 2. The van der Waals surface area contributed by atoms with Crippen LogP contribution in [0.4, 0.5) is 0 Å². The molecule has 1 aromatic carbocycles. The summed E-state index contributed by atoms with van der Waals surface area (Å²) in [7, 11) is 3.41. The Labute approximate surface area is 163 Å². The molecule has 0 unspecified atom stereocenters. The standard InChI is InChI=1S/C20H34N4O3/c1-4-21-20(22-11-13-24(14-16-25-2)17-5-6-17)23-12-15-27-19-9-7-18(26-3)8-10-19/h7-10,17H,4-6,11-16H2,1-3H3,(H2,21,22,23). The Kier molecular flexibility index (Phi) is 9.79. The van der Waals surface area contributed by atoms with Crippen molar-refractivity contribution in [3.05, 3.63) is 24.3 Å². The Morgan fingerprint density at radius 1 is 1.07 bits per heavy atom. The largest absolute Gasteiger partial charge is 0.497 e. The van der Waals surface area contributed by atoms with Crippen molar-refractivity contribution >= 4 is 5.96 Å². The van der Waals surface area contributed by atoms with Crippen LogP contribution >= 0.6 is 0 Å². The minimum atomic E-state index is 0.568. The van der Waals surface area contributed by atoms with Gasteiger partial charge in [0.1, 0.15) is 18.1 Å². The Bertz CT molecular complexity index is 547. The Morgan fingerprint density at radius 3 is 2.44 bits per heavy atom. The zero-order valence-corrected chi connectivity index (χ0v) is 16.9. The molecular formula is C20H34N4O3. The van der Waals surface area contributed by atoms with E-state index >= 15 is 0 Å². The highest BCUT2D eigenvalue weighted by molar-refractivity contribution is 5.79. The molecule has 0 aliphatic heterocycles. The fraction of sp³-hybridized carbons (Fsp3) is 0.650. The third kappa shape index (κ3) is 8.49. The summed E-state index contributed by atoms with van der Waals surface area (Å²) in [6.07, 6.45) is 2.60. The molecule has 1 aromatic rings. The molecule has 0 radical (unpaired) electrons. The van der Waals surface area contributed by atoms with Crippen LogP contribution < -0.4 is 20.1 Å². The molecule has 152 valence electrons. The minimum Gasteiger partial charge on any atom is -0.497 e. The van der Waals surface area contributed by atoms with Crippen LogP contribution in [-0.4, -0.2) is 77.1 Å². The topological polar surface area (TPSA) is 67.4 Å². The molecule has 0 bridgehead atoms. The Hall–Kier alpha value is -1.99. The number of rotatable bonds is 13. The first-order valence-corrected chi connectivity index (χ1v) is 9.78. The van der Waals surface area contributed by atoms with Gasteiger partial charge in [-0.05, 0) is 44.0 Å². The SMILES string of the molecule is CCNC(=NCCN(CCOC)C1CC1)NCCOc1ccc(OC)cc1. The highest BCUT2D eigenvalue weighted by Crippen LogP contribution is 2.26. The zero-order valence-electron chi connectivity index (χ0n) is 16.9. The molecule has 0 spiro atoms. The first-order valence-electron chi connectivity index (χ1n) is 9.78. The molecule has 0 saturated heterocycles. The first-order chi connectivity index (χ1) is 13.3. The lowest BCUT2D eigenvalue weighted by Gasteiger charge is -2.20. The maximum atomic E-state index is 5.74. The van der Waals surface area contributed by atoms with Gasteiger partial charge < -0.3 is 24.8 Å². The molecule has 7 nitrogen and oxygen atoms in total. The lowest BCUT2D eigenvalue weighted by atomic mass is 10.3. The van der Waals surface area contributed by atoms with Gasteiger partial charge in [0, 0.05) is 32.8 Å². The van der Waals surface area contributed by atoms with E-state index < -0.39 is 0 Å². The highest BCUT2D eigenvalue weighted by Gasteiger charge is 2.28. The molecule has 2 rings (SSSR count). The van der Waals surface area contributed by atoms with E-state index in [1.165, 1.54) is 12.8 Å². The number of hydrogen-bond donors (Lipinski definition) is 2. The van der Waals surface area contributed by atoms with E-state index in [9.17, 15) is 0 Å². The quantitative estimate of drug-likeness (QED) is 0.310. The van der Waals surface area contributed by atoms with Gasteiger partial charge in [0.2, 0.25) is 0 Å². The Morgan fingerprint density at radius 2 is 1.81 bits per heavy atom. The number of benzene rings is 1. The predicted octanol–water partition coefficient (Wildman–Crippen LogP) is 1.74. The molecule has 1 saturated carbocycles. The summed E-state index contributed by atoms with van der Waals surface area (Å²) in [6.45, 7) is 7.66. The summed E-state index contributed by atoms with van der Waals surface area (Å²) < 4.78 is 16.1. The number of hydrogen-bond acceptors (Lipinski definition) is 5. The number of nitrogens with zero attached hydrogens (tertiary/aromatic N) is 2. The smallest absolute Gasteiger partial charge is 0.191 e. The first kappa shape index (κ1) is 21.3. The molecule has 1 aliphatic rings. The molecule has 1 aliphatic carbocycles. The highest BCUT2D eigenvalue weighted by atomic mass is 16.5. The van der Waals surface area contributed by atoms with Gasteiger partial charge in [0.05, 0.1) is 26.8 Å². The van der Waals surface area contributed by atoms with E-state index in [0.717, 1.165) is 56.3 Å². The van der Waals surface area contributed by atoms with E-state index in [4.69, 9.17) is 14.2 Å². The molecule has 0 aromatic heterocycles. The Balaban J connectivity index is 1.68. The summed E-state index contributed by atoms with van der Waals surface area (Å²) in [4.78, 5) is 7.15. The minimum absolute atomic E-state index is 0.568. The van der Waals surface area contributed by atoms with E-state index in [1.807, 2.05) is 24.3 Å². The normalized spacial score (nSPS) is 14.3. The zero-order chi connectivity index (χ0) is 19.3. The molecule has 27 heavy (non-hydrogen) atoms. The third-order valence-electron chi connectivity index (χ3n) is 4.37. The number of ether oxygens (including phenoxy) is 3. The fourth-order valence-corrected chi connectivity index (χ4v) is 2.77. The lowest BCUT2D eigenvalue weighted by molar-refractivity contribution is 0.145. The van der Waals surface area contributed by atoms with Crippen molar-refractivity contribution < 1.29 is 14.2 Å². The van der Waals surface area contributed by atoms with E-state index in [2.05, 4.69) is 27.4 Å². The van der Waals surface area contributed by atoms with Crippen LogP contribution in [0.3, 0.4) is 0 Å². The van der Waals surface area contributed by atoms with Gasteiger partial charge in [-0.2, -0.15) is 0 Å². The maximum Gasteiger partial charge on any atom is 0.191 e. The van der Waals surface area contributed by atoms with Crippen molar-refractivity contribution in [1.29, 1.82) is 0 Å². The van der Waals surface area contributed by atoms with Crippen molar-refractivity contribution in [2.75, 3.05) is 60.2 Å². The van der Waals surface area contributed by atoms with Crippen LogP contribution in [0.25, 0.3) is 0 Å². The molecule has 0 atom stereocenters. The summed E-state index contributed by atoms with van der Waals surface area (Å²) in [5, 5.41) is 6.60. The van der Waals surface area contributed by atoms with Gasteiger partial charge in [0.25, 0.3) is 0 Å². The number of guanidine groups is 1. The van der Waals surface area contributed by atoms with Crippen LogP contribution in [-0.2, 0) is 4.74 Å². The van der Waals surface area contributed by atoms with Crippen molar-refractivity contribution in [3.8, 4) is 11.5 Å². The summed E-state index contributed by atoms with van der Waals surface area (Å²) in [5.74, 6) is 2.49. The van der Waals surface area contributed by atoms with Crippen LogP contribution in [0.15, 0.2) is 29.3 Å². The summed E-state index contributed by atoms with van der Waals surface area (Å²) in [5.41, 5.74) is 0. The maximum absolute atomic E-state index is 5.74. The third-order valence-corrected chi connectivity index (χ3v) is 4.37. The van der Waals surface area contributed by atoms with E-state index in [0.29, 0.717) is 13.2 Å². The van der Waals surface area contributed by atoms with Gasteiger partial charge in [-0.15, -0.1) is 0 Å². The summed E-state index contributed by atoms with van der Waals surface area (Å²) in [6, 6.07) is 8.33. The second kappa shape index (κ2) is 12.4. The van der Waals surface area contributed by atoms with Gasteiger partial charge in [-0.25, -0.2) is 0 Å². The second-order valence-corrected chi connectivity index (χ2v) is 6.47. The molecule has 0 heterocycles. The van der Waals surface area contributed by atoms with E-state index in [1.54, 1.807) is 14.2 Å². The van der Waals surface area contributed by atoms with Crippen molar-refractivity contribution in [2.45, 2.75) is 25.8 Å². The average molecular weight is 379 g/mol. The molecule has 0 amide bonds. The number of aliphatic imine (C=N–C) groups is 1. The molecule has 1 fully saturated rings. The predicted molar refractivity (Wildman–Crippen MR) is 109 cm³/mol. The van der Waals surface area contributed by atoms with Crippen molar-refractivity contribution in [2.24, 2.45) is 4.99 Å². The van der Waals surface area contributed by atoms with E-state index in [-0.39, 0.29) is 0 Å². The van der Waals surface area contributed by atoms with Crippen LogP contribution in [0.2, 0.25) is 0 Å². The monoisotopic (exact) mass is 378 g/mol. The number of methoxy groups -OCH3 is 2. The van der Waals surface area contributed by atoms with Gasteiger partial charge >= 0.3 is 0 Å². The van der Waals surface area contributed by atoms with Crippen molar-refractivity contribution in [1.82, 2.24) is 15.5 Å². The van der Waals surface area contributed by atoms with Crippen LogP contribution in [0.1, 0.15) is 19.8 Å².